The van der Waals surface area contributed by atoms with Gasteiger partial charge in [0.1, 0.15) is 5.82 Å². The number of halogens is 2. The standard InChI is InChI=1S/C12H15BrFN/c13-11-5-10(6-12(14)7-11)8-15-4-3-9-1-2-9/h5-7,9,15H,1-4,8H2. The van der Waals surface area contributed by atoms with Crippen LogP contribution in [0.15, 0.2) is 22.7 Å². The van der Waals surface area contributed by atoms with Crippen LogP contribution in [0.5, 0.6) is 0 Å². The van der Waals surface area contributed by atoms with Crippen LogP contribution in [0.25, 0.3) is 0 Å². The summed E-state index contributed by atoms with van der Waals surface area (Å²) in [5.41, 5.74) is 0.998. The fraction of sp³-hybridized carbons (Fsp3) is 0.500. The molecular formula is C12H15BrFN. The molecule has 0 unspecified atom stereocenters. The van der Waals surface area contributed by atoms with E-state index in [4.69, 9.17) is 0 Å². The number of benzene rings is 1. The van der Waals surface area contributed by atoms with E-state index in [1.807, 2.05) is 6.07 Å². The number of hydrogen-bond donors (Lipinski definition) is 1. The van der Waals surface area contributed by atoms with Crippen molar-refractivity contribution in [1.29, 1.82) is 0 Å². The van der Waals surface area contributed by atoms with Gasteiger partial charge in [0.2, 0.25) is 0 Å². The molecule has 0 atom stereocenters. The lowest BCUT2D eigenvalue weighted by molar-refractivity contribution is 0.601. The van der Waals surface area contributed by atoms with Gasteiger partial charge in [0, 0.05) is 11.0 Å². The molecule has 15 heavy (non-hydrogen) atoms. The zero-order valence-electron chi connectivity index (χ0n) is 8.60. The van der Waals surface area contributed by atoms with E-state index in [-0.39, 0.29) is 5.82 Å². The second-order valence-corrected chi connectivity index (χ2v) is 5.10. The molecule has 1 aliphatic carbocycles. The van der Waals surface area contributed by atoms with Gasteiger partial charge in [-0.05, 0) is 42.6 Å². The fourth-order valence-corrected chi connectivity index (χ4v) is 2.17. The number of rotatable bonds is 5. The molecule has 0 bridgehead atoms. The van der Waals surface area contributed by atoms with Crippen LogP contribution in [0.4, 0.5) is 4.39 Å². The van der Waals surface area contributed by atoms with Crippen molar-refractivity contribution in [3.63, 3.8) is 0 Å². The molecule has 1 aromatic rings. The van der Waals surface area contributed by atoms with Crippen molar-refractivity contribution in [3.8, 4) is 0 Å². The molecule has 0 saturated heterocycles. The van der Waals surface area contributed by atoms with Crippen LogP contribution in [0.3, 0.4) is 0 Å². The van der Waals surface area contributed by atoms with E-state index in [1.54, 1.807) is 6.07 Å². The van der Waals surface area contributed by atoms with Crippen molar-refractivity contribution in [2.24, 2.45) is 5.92 Å². The summed E-state index contributed by atoms with van der Waals surface area (Å²) < 4.78 is 13.8. The van der Waals surface area contributed by atoms with Gasteiger partial charge in [-0.2, -0.15) is 0 Å². The topological polar surface area (TPSA) is 12.0 Å². The van der Waals surface area contributed by atoms with E-state index in [9.17, 15) is 4.39 Å². The number of nitrogens with one attached hydrogen (secondary N) is 1. The van der Waals surface area contributed by atoms with Crippen molar-refractivity contribution in [1.82, 2.24) is 5.32 Å². The van der Waals surface area contributed by atoms with Gasteiger partial charge in [0.05, 0.1) is 0 Å². The second-order valence-electron chi connectivity index (χ2n) is 4.19. The summed E-state index contributed by atoms with van der Waals surface area (Å²) in [5.74, 6) is 0.778. The highest BCUT2D eigenvalue weighted by Gasteiger charge is 2.19. The summed E-state index contributed by atoms with van der Waals surface area (Å²) in [4.78, 5) is 0. The Bertz CT molecular complexity index is 316. The summed E-state index contributed by atoms with van der Waals surface area (Å²) in [6.07, 6.45) is 4.05. The van der Waals surface area contributed by atoms with E-state index >= 15 is 0 Å². The van der Waals surface area contributed by atoms with Gasteiger partial charge in [-0.3, -0.25) is 0 Å². The molecule has 1 saturated carbocycles. The summed E-state index contributed by atoms with van der Waals surface area (Å²) >= 11 is 3.29. The Hall–Kier alpha value is -0.410. The quantitative estimate of drug-likeness (QED) is 0.809. The van der Waals surface area contributed by atoms with Gasteiger partial charge in [0.25, 0.3) is 0 Å². The Morgan fingerprint density at radius 1 is 1.33 bits per heavy atom. The maximum absolute atomic E-state index is 13.0. The molecule has 0 heterocycles. The lowest BCUT2D eigenvalue weighted by Gasteiger charge is -2.05. The Morgan fingerprint density at radius 3 is 2.80 bits per heavy atom. The highest BCUT2D eigenvalue weighted by molar-refractivity contribution is 9.10. The third-order valence-corrected chi connectivity index (χ3v) is 3.14. The minimum absolute atomic E-state index is 0.177. The fourth-order valence-electron chi connectivity index (χ4n) is 1.66. The van der Waals surface area contributed by atoms with Crippen LogP contribution in [-0.2, 0) is 6.54 Å². The Morgan fingerprint density at radius 2 is 2.13 bits per heavy atom. The molecule has 0 aliphatic heterocycles. The lowest BCUT2D eigenvalue weighted by Crippen LogP contribution is -2.15. The predicted molar refractivity (Wildman–Crippen MR) is 63.1 cm³/mol. The molecule has 82 valence electrons. The molecule has 0 aromatic heterocycles. The molecule has 1 N–H and O–H groups in total. The molecule has 0 amide bonds. The van der Waals surface area contributed by atoms with Crippen LogP contribution in [0.1, 0.15) is 24.8 Å². The first-order valence-electron chi connectivity index (χ1n) is 5.40. The van der Waals surface area contributed by atoms with E-state index in [0.29, 0.717) is 0 Å². The van der Waals surface area contributed by atoms with Crippen LogP contribution in [0, 0.1) is 11.7 Å². The highest BCUT2D eigenvalue weighted by Crippen LogP contribution is 2.31. The molecule has 1 aromatic carbocycles. The van der Waals surface area contributed by atoms with E-state index in [2.05, 4.69) is 21.2 Å². The summed E-state index contributed by atoms with van der Waals surface area (Å²) in [7, 11) is 0. The van der Waals surface area contributed by atoms with Gasteiger partial charge in [-0.25, -0.2) is 4.39 Å². The second kappa shape index (κ2) is 5.08. The van der Waals surface area contributed by atoms with Crippen LogP contribution >= 0.6 is 15.9 Å². The largest absolute Gasteiger partial charge is 0.313 e. The Labute approximate surface area is 98.2 Å². The van der Waals surface area contributed by atoms with Gasteiger partial charge >= 0.3 is 0 Å². The smallest absolute Gasteiger partial charge is 0.124 e. The normalized spacial score (nSPS) is 15.6. The zero-order valence-corrected chi connectivity index (χ0v) is 10.2. The van der Waals surface area contributed by atoms with Crippen molar-refractivity contribution < 1.29 is 4.39 Å². The average Bonchev–Trinajstić information content (AvgIpc) is 2.94. The average molecular weight is 272 g/mol. The van der Waals surface area contributed by atoms with Gasteiger partial charge in [-0.1, -0.05) is 28.8 Å². The molecule has 1 aliphatic rings. The summed E-state index contributed by atoms with van der Waals surface area (Å²) in [6.45, 7) is 1.79. The first-order valence-corrected chi connectivity index (χ1v) is 6.19. The maximum Gasteiger partial charge on any atom is 0.124 e. The van der Waals surface area contributed by atoms with E-state index in [0.717, 1.165) is 29.0 Å². The van der Waals surface area contributed by atoms with Crippen LogP contribution < -0.4 is 5.32 Å². The Kier molecular flexibility index (Phi) is 3.76. The third kappa shape index (κ3) is 3.92. The van der Waals surface area contributed by atoms with E-state index < -0.39 is 0 Å². The zero-order chi connectivity index (χ0) is 10.7. The summed E-state index contributed by atoms with van der Waals surface area (Å²) in [5, 5.41) is 3.34. The van der Waals surface area contributed by atoms with E-state index in [1.165, 1.54) is 25.3 Å². The van der Waals surface area contributed by atoms with Gasteiger partial charge in [-0.15, -0.1) is 0 Å². The lowest BCUT2D eigenvalue weighted by atomic mass is 10.2. The minimum Gasteiger partial charge on any atom is -0.313 e. The molecule has 3 heteroatoms. The highest BCUT2D eigenvalue weighted by atomic mass is 79.9. The molecular weight excluding hydrogens is 257 g/mol. The molecule has 0 radical (unpaired) electrons. The predicted octanol–water partition coefficient (Wildman–Crippen LogP) is 3.48. The third-order valence-electron chi connectivity index (χ3n) is 2.68. The van der Waals surface area contributed by atoms with Crippen molar-refractivity contribution in [2.45, 2.75) is 25.8 Å². The van der Waals surface area contributed by atoms with Gasteiger partial charge < -0.3 is 5.32 Å². The molecule has 0 spiro atoms. The first-order chi connectivity index (χ1) is 7.24. The Balaban J connectivity index is 1.76. The van der Waals surface area contributed by atoms with Crippen LogP contribution in [0.2, 0.25) is 0 Å². The number of hydrogen-bond acceptors (Lipinski definition) is 1. The maximum atomic E-state index is 13.0. The first kappa shape index (κ1) is 11.1. The SMILES string of the molecule is Fc1cc(Br)cc(CNCCC2CC2)c1. The van der Waals surface area contributed by atoms with Crippen LogP contribution in [-0.4, -0.2) is 6.54 Å². The van der Waals surface area contributed by atoms with Crippen molar-refractivity contribution >= 4 is 15.9 Å². The van der Waals surface area contributed by atoms with Crippen molar-refractivity contribution in [2.75, 3.05) is 6.54 Å². The van der Waals surface area contributed by atoms with Crippen molar-refractivity contribution in [3.05, 3.63) is 34.1 Å². The molecule has 1 fully saturated rings. The monoisotopic (exact) mass is 271 g/mol. The summed E-state index contributed by atoms with van der Waals surface area (Å²) in [6, 6.07) is 5.01. The van der Waals surface area contributed by atoms with Gasteiger partial charge in [0.15, 0.2) is 0 Å². The molecule has 2 rings (SSSR count). The minimum atomic E-state index is -0.177. The molecule has 1 nitrogen and oxygen atoms in total.